The van der Waals surface area contributed by atoms with Crippen molar-refractivity contribution in [2.24, 2.45) is 0 Å². The van der Waals surface area contributed by atoms with Gasteiger partial charge >= 0.3 is 0 Å². The van der Waals surface area contributed by atoms with Crippen LogP contribution < -0.4 is 10.5 Å². The van der Waals surface area contributed by atoms with Crippen molar-refractivity contribution in [2.45, 2.75) is 11.8 Å². The molecule has 0 saturated carbocycles. The maximum absolute atomic E-state index is 12.1. The number of nitrogens with zero attached hydrogens (tertiary/aromatic N) is 1. The number of nitrogens with one attached hydrogen (secondary N) is 1. The molecule has 2 aromatic rings. The Balaban J connectivity index is 2.30. The number of sulfonamides is 1. The highest BCUT2D eigenvalue weighted by molar-refractivity contribution is 7.92. The van der Waals surface area contributed by atoms with E-state index < -0.39 is 10.0 Å². The van der Waals surface area contributed by atoms with Crippen molar-refractivity contribution in [1.82, 2.24) is 4.98 Å². The maximum Gasteiger partial charge on any atom is 0.263 e. The first-order valence-electron chi connectivity index (χ1n) is 5.28. The summed E-state index contributed by atoms with van der Waals surface area (Å²) < 4.78 is 26.5. The van der Waals surface area contributed by atoms with Crippen molar-refractivity contribution in [1.29, 1.82) is 0 Å². The lowest BCUT2D eigenvalue weighted by Gasteiger charge is -2.07. The third-order valence-electron chi connectivity index (χ3n) is 2.33. The smallest absolute Gasteiger partial charge is 0.263 e. The molecule has 0 radical (unpaired) electrons. The average Bonchev–Trinajstić information content (AvgIpc) is 2.32. The van der Waals surface area contributed by atoms with Crippen LogP contribution in [0.3, 0.4) is 0 Å². The van der Waals surface area contributed by atoms with Gasteiger partial charge in [0.1, 0.15) is 5.82 Å². The lowest BCUT2D eigenvalue weighted by atomic mass is 10.2. The summed E-state index contributed by atoms with van der Waals surface area (Å²) in [4.78, 5) is 4.11. The Morgan fingerprint density at radius 3 is 2.61 bits per heavy atom. The first-order valence-corrected chi connectivity index (χ1v) is 6.77. The van der Waals surface area contributed by atoms with Gasteiger partial charge in [0.05, 0.1) is 16.8 Å². The molecule has 6 heteroatoms. The number of aryl methyl sites for hydroxylation is 1. The third kappa shape index (κ3) is 2.78. The SMILES string of the molecule is Cc1cccc(S(=O)(=O)Nc2ccc(N)cn2)c1. The second-order valence-corrected chi connectivity index (χ2v) is 5.58. The normalized spacial score (nSPS) is 11.2. The van der Waals surface area contributed by atoms with E-state index in [0.717, 1.165) is 5.56 Å². The summed E-state index contributed by atoms with van der Waals surface area (Å²) in [5, 5.41) is 0. The number of nitrogens with two attached hydrogens (primary N) is 1. The lowest BCUT2D eigenvalue weighted by molar-refractivity contribution is 0.601. The summed E-state index contributed by atoms with van der Waals surface area (Å²) >= 11 is 0. The number of anilines is 2. The first kappa shape index (κ1) is 12.4. The number of nitrogen functional groups attached to an aromatic ring is 1. The van der Waals surface area contributed by atoms with Crippen LogP contribution in [-0.4, -0.2) is 13.4 Å². The number of hydrogen-bond donors (Lipinski definition) is 2. The molecule has 0 aliphatic carbocycles. The van der Waals surface area contributed by atoms with Gasteiger partial charge in [0.2, 0.25) is 0 Å². The summed E-state index contributed by atoms with van der Waals surface area (Å²) in [5.41, 5.74) is 6.84. The number of pyridine rings is 1. The monoisotopic (exact) mass is 263 g/mol. The molecule has 2 rings (SSSR count). The highest BCUT2D eigenvalue weighted by Gasteiger charge is 2.14. The molecule has 0 fully saturated rings. The summed E-state index contributed by atoms with van der Waals surface area (Å²) in [6.07, 6.45) is 1.40. The van der Waals surface area contributed by atoms with Gasteiger partial charge in [0.25, 0.3) is 10.0 Å². The molecule has 0 spiro atoms. The maximum atomic E-state index is 12.1. The van der Waals surface area contributed by atoms with Crippen LogP contribution in [0.25, 0.3) is 0 Å². The highest BCUT2D eigenvalue weighted by atomic mass is 32.2. The minimum atomic E-state index is -3.60. The van der Waals surface area contributed by atoms with Gasteiger partial charge in [0.15, 0.2) is 0 Å². The minimum Gasteiger partial charge on any atom is -0.397 e. The molecule has 0 unspecified atom stereocenters. The molecule has 0 aliphatic heterocycles. The van der Waals surface area contributed by atoms with E-state index in [-0.39, 0.29) is 10.7 Å². The minimum absolute atomic E-state index is 0.209. The molecule has 1 heterocycles. The van der Waals surface area contributed by atoms with Crippen molar-refractivity contribution >= 4 is 21.5 Å². The molecule has 0 saturated heterocycles. The van der Waals surface area contributed by atoms with E-state index >= 15 is 0 Å². The van der Waals surface area contributed by atoms with E-state index in [1.807, 2.05) is 13.0 Å². The topological polar surface area (TPSA) is 85.1 Å². The fraction of sp³-hybridized carbons (Fsp3) is 0.0833. The van der Waals surface area contributed by atoms with Gasteiger partial charge in [-0.15, -0.1) is 0 Å². The van der Waals surface area contributed by atoms with Gasteiger partial charge in [-0.3, -0.25) is 4.72 Å². The van der Waals surface area contributed by atoms with Crippen LogP contribution in [0.15, 0.2) is 47.5 Å². The quantitative estimate of drug-likeness (QED) is 0.883. The van der Waals surface area contributed by atoms with Crippen molar-refractivity contribution < 1.29 is 8.42 Å². The predicted octanol–water partition coefficient (Wildman–Crippen LogP) is 1.77. The van der Waals surface area contributed by atoms with Gasteiger partial charge in [-0.1, -0.05) is 12.1 Å². The second kappa shape index (κ2) is 4.66. The summed E-state index contributed by atoms with van der Waals surface area (Å²) in [7, 11) is -3.60. The summed E-state index contributed by atoms with van der Waals surface area (Å²) in [5.74, 6) is 0.241. The van der Waals surface area contributed by atoms with Gasteiger partial charge in [0, 0.05) is 0 Å². The molecule has 1 aromatic carbocycles. The van der Waals surface area contributed by atoms with Gasteiger partial charge in [-0.2, -0.15) is 0 Å². The summed E-state index contributed by atoms with van der Waals surface area (Å²) in [6, 6.07) is 9.76. The molecular weight excluding hydrogens is 250 g/mol. The Morgan fingerprint density at radius 1 is 1.22 bits per heavy atom. The lowest BCUT2D eigenvalue weighted by Crippen LogP contribution is -2.14. The van der Waals surface area contributed by atoms with Crippen LogP contribution in [0.1, 0.15) is 5.56 Å². The number of hydrogen-bond acceptors (Lipinski definition) is 4. The fourth-order valence-corrected chi connectivity index (χ4v) is 2.56. The van der Waals surface area contributed by atoms with E-state index in [1.165, 1.54) is 18.3 Å². The Bertz CT molecular complexity index is 651. The van der Waals surface area contributed by atoms with E-state index in [2.05, 4.69) is 9.71 Å². The van der Waals surface area contributed by atoms with Crippen molar-refractivity contribution in [2.75, 3.05) is 10.5 Å². The zero-order valence-electron chi connectivity index (χ0n) is 9.79. The van der Waals surface area contributed by atoms with Gasteiger partial charge in [-0.25, -0.2) is 13.4 Å². The Hall–Kier alpha value is -2.08. The van der Waals surface area contributed by atoms with E-state index in [0.29, 0.717) is 5.69 Å². The van der Waals surface area contributed by atoms with Crippen molar-refractivity contribution in [3.05, 3.63) is 48.2 Å². The molecule has 0 aliphatic rings. The highest BCUT2D eigenvalue weighted by Crippen LogP contribution is 2.15. The molecule has 0 amide bonds. The van der Waals surface area contributed by atoms with Crippen molar-refractivity contribution in [3.8, 4) is 0 Å². The molecular formula is C12H13N3O2S. The van der Waals surface area contributed by atoms with Crippen LogP contribution in [0, 0.1) is 6.92 Å². The molecule has 1 aromatic heterocycles. The zero-order valence-corrected chi connectivity index (χ0v) is 10.6. The van der Waals surface area contributed by atoms with Gasteiger partial charge in [-0.05, 0) is 36.8 Å². The molecule has 5 nitrogen and oxygen atoms in total. The van der Waals surface area contributed by atoms with Crippen LogP contribution >= 0.6 is 0 Å². The average molecular weight is 263 g/mol. The molecule has 18 heavy (non-hydrogen) atoms. The third-order valence-corrected chi connectivity index (χ3v) is 3.68. The zero-order chi connectivity index (χ0) is 13.2. The standard InChI is InChI=1S/C12H13N3O2S/c1-9-3-2-4-11(7-9)18(16,17)15-12-6-5-10(13)8-14-12/h2-8H,13H2,1H3,(H,14,15). The van der Waals surface area contributed by atoms with Crippen LogP contribution in [-0.2, 0) is 10.0 Å². The fourth-order valence-electron chi connectivity index (χ4n) is 1.44. The largest absolute Gasteiger partial charge is 0.397 e. The van der Waals surface area contributed by atoms with Crippen molar-refractivity contribution in [3.63, 3.8) is 0 Å². The Kier molecular flexibility index (Phi) is 3.20. The number of aromatic nitrogens is 1. The van der Waals surface area contributed by atoms with E-state index in [1.54, 1.807) is 18.2 Å². The van der Waals surface area contributed by atoms with Crippen LogP contribution in [0.2, 0.25) is 0 Å². The summed E-state index contributed by atoms with van der Waals surface area (Å²) in [6.45, 7) is 1.83. The molecule has 0 atom stereocenters. The second-order valence-electron chi connectivity index (χ2n) is 3.90. The first-order chi connectivity index (χ1) is 8.47. The van der Waals surface area contributed by atoms with Gasteiger partial charge < -0.3 is 5.73 Å². The van der Waals surface area contributed by atoms with Crippen LogP contribution in [0.4, 0.5) is 11.5 Å². The number of benzene rings is 1. The van der Waals surface area contributed by atoms with E-state index in [9.17, 15) is 8.42 Å². The predicted molar refractivity (Wildman–Crippen MR) is 70.6 cm³/mol. The Morgan fingerprint density at radius 2 is 2.00 bits per heavy atom. The van der Waals surface area contributed by atoms with Crippen LogP contribution in [0.5, 0.6) is 0 Å². The molecule has 94 valence electrons. The van der Waals surface area contributed by atoms with E-state index in [4.69, 9.17) is 5.73 Å². The molecule has 0 bridgehead atoms. The number of rotatable bonds is 3. The molecule has 3 N–H and O–H groups in total. The Labute approximate surface area is 106 Å².